The average molecular weight is 286 g/mol. The van der Waals surface area contributed by atoms with Gasteiger partial charge in [-0.25, -0.2) is 0 Å². The average Bonchev–Trinajstić information content (AvgIpc) is 2.49. The topological polar surface area (TPSA) is 26.3 Å². The Morgan fingerprint density at radius 3 is 3.00 bits per heavy atom. The number of esters is 1. The quantitative estimate of drug-likeness (QED) is 0.437. The van der Waals surface area contributed by atoms with Crippen molar-refractivity contribution in [2.45, 2.75) is 57.3 Å². The number of methoxy groups -OCH3 is 1. The minimum absolute atomic E-state index is 0.0459. The molecule has 0 aliphatic heterocycles. The van der Waals surface area contributed by atoms with Crippen molar-refractivity contribution in [2.24, 2.45) is 0 Å². The summed E-state index contributed by atoms with van der Waals surface area (Å²) in [6.07, 6.45) is 8.94. The van der Waals surface area contributed by atoms with Crippen LogP contribution in [0.5, 0.6) is 0 Å². The Hall–Kier alpha value is -1.57. The van der Waals surface area contributed by atoms with E-state index in [4.69, 9.17) is 4.74 Å². The first-order chi connectivity index (χ1) is 10.1. The molecule has 0 N–H and O–H groups in total. The lowest BCUT2D eigenvalue weighted by molar-refractivity contribution is -0.142. The summed E-state index contributed by atoms with van der Waals surface area (Å²) in [6.45, 7) is 5.99. The molecule has 1 aromatic carbocycles. The van der Waals surface area contributed by atoms with Gasteiger partial charge < -0.3 is 4.74 Å². The highest BCUT2D eigenvalue weighted by Crippen LogP contribution is 2.44. The molecule has 21 heavy (non-hydrogen) atoms. The van der Waals surface area contributed by atoms with Gasteiger partial charge in [-0.2, -0.15) is 0 Å². The Kier molecular flexibility index (Phi) is 5.22. The molecule has 1 aromatic rings. The van der Waals surface area contributed by atoms with Gasteiger partial charge in [0.15, 0.2) is 0 Å². The number of hydrogen-bond acceptors (Lipinski definition) is 2. The van der Waals surface area contributed by atoms with Crippen molar-refractivity contribution in [2.75, 3.05) is 7.11 Å². The highest BCUT2D eigenvalue weighted by Gasteiger charge is 2.38. The predicted molar refractivity (Wildman–Crippen MR) is 86.5 cm³/mol. The lowest BCUT2D eigenvalue weighted by Crippen LogP contribution is -2.34. The number of unbranched alkanes of at least 4 members (excludes halogenated alkanes) is 1. The Balaban J connectivity index is 2.38. The number of benzene rings is 1. The fourth-order valence-electron chi connectivity index (χ4n) is 3.73. The largest absolute Gasteiger partial charge is 0.469 e. The summed E-state index contributed by atoms with van der Waals surface area (Å²) in [6, 6.07) is 6.52. The lowest BCUT2D eigenvalue weighted by Gasteiger charge is -2.39. The van der Waals surface area contributed by atoms with E-state index < -0.39 is 0 Å². The number of rotatable bonds is 6. The van der Waals surface area contributed by atoms with Crippen LogP contribution in [0.4, 0.5) is 0 Å². The molecule has 114 valence electrons. The second kappa shape index (κ2) is 6.93. The van der Waals surface area contributed by atoms with Gasteiger partial charge in [0, 0.05) is 5.41 Å². The fourth-order valence-corrected chi connectivity index (χ4v) is 3.73. The summed E-state index contributed by atoms with van der Waals surface area (Å²) >= 11 is 0. The van der Waals surface area contributed by atoms with Crippen molar-refractivity contribution < 1.29 is 9.53 Å². The normalized spacial score (nSPS) is 20.7. The van der Waals surface area contributed by atoms with Crippen LogP contribution in [0, 0.1) is 6.92 Å². The summed E-state index contributed by atoms with van der Waals surface area (Å²) in [5.41, 5.74) is 4.13. The maximum Gasteiger partial charge on any atom is 0.306 e. The van der Waals surface area contributed by atoms with E-state index in [1.165, 1.54) is 23.8 Å². The molecule has 0 saturated heterocycles. The zero-order valence-electron chi connectivity index (χ0n) is 13.3. The summed E-state index contributed by atoms with van der Waals surface area (Å²) in [5.74, 6) is -0.0945. The van der Waals surface area contributed by atoms with Crippen molar-refractivity contribution in [1.82, 2.24) is 0 Å². The molecule has 0 bridgehead atoms. The molecule has 1 atom stereocenters. The minimum atomic E-state index is -0.0945. The van der Waals surface area contributed by atoms with Gasteiger partial charge in [-0.3, -0.25) is 4.79 Å². The van der Waals surface area contributed by atoms with Crippen LogP contribution >= 0.6 is 0 Å². The van der Waals surface area contributed by atoms with Gasteiger partial charge in [0.25, 0.3) is 0 Å². The SMILES string of the molecule is C=CCCCC1(CC(=O)OC)CCCc2c(C)cccc21. The van der Waals surface area contributed by atoms with Gasteiger partial charge in [-0.15, -0.1) is 6.58 Å². The molecule has 2 rings (SSSR count). The van der Waals surface area contributed by atoms with E-state index in [9.17, 15) is 4.79 Å². The Morgan fingerprint density at radius 1 is 1.48 bits per heavy atom. The second-order valence-corrected chi connectivity index (χ2v) is 6.17. The Bertz CT molecular complexity index is 518. The molecule has 2 nitrogen and oxygen atoms in total. The molecular weight excluding hydrogens is 260 g/mol. The summed E-state index contributed by atoms with van der Waals surface area (Å²) in [7, 11) is 1.49. The third-order valence-corrected chi connectivity index (χ3v) is 4.84. The maximum atomic E-state index is 12.0. The number of carbonyl (C=O) groups excluding carboxylic acids is 1. The maximum absolute atomic E-state index is 12.0. The van der Waals surface area contributed by atoms with Crippen LogP contribution in [0.3, 0.4) is 0 Å². The molecule has 0 aromatic heterocycles. The molecular formula is C19H26O2. The van der Waals surface area contributed by atoms with Gasteiger partial charge >= 0.3 is 5.97 Å². The van der Waals surface area contributed by atoms with Crippen LogP contribution in [0.15, 0.2) is 30.9 Å². The zero-order chi connectivity index (χ0) is 15.3. The number of hydrogen-bond donors (Lipinski definition) is 0. The lowest BCUT2D eigenvalue weighted by atomic mass is 9.65. The molecule has 2 heteroatoms. The minimum Gasteiger partial charge on any atom is -0.469 e. The third kappa shape index (κ3) is 3.37. The molecule has 0 fully saturated rings. The van der Waals surface area contributed by atoms with E-state index in [1.54, 1.807) is 0 Å². The molecule has 1 unspecified atom stereocenters. The van der Waals surface area contributed by atoms with E-state index in [2.05, 4.69) is 31.7 Å². The van der Waals surface area contributed by atoms with Gasteiger partial charge in [0.2, 0.25) is 0 Å². The molecule has 0 heterocycles. The van der Waals surface area contributed by atoms with Crippen molar-refractivity contribution in [3.8, 4) is 0 Å². The summed E-state index contributed by atoms with van der Waals surface area (Å²) < 4.78 is 4.97. The predicted octanol–water partition coefficient (Wildman–Crippen LogP) is 4.49. The Labute approximate surface area is 128 Å². The van der Waals surface area contributed by atoms with Crippen LogP contribution in [-0.2, 0) is 21.4 Å². The Morgan fingerprint density at radius 2 is 2.29 bits per heavy atom. The van der Waals surface area contributed by atoms with Gasteiger partial charge in [-0.05, 0) is 62.1 Å². The monoisotopic (exact) mass is 286 g/mol. The first-order valence-electron chi connectivity index (χ1n) is 7.89. The highest BCUT2D eigenvalue weighted by molar-refractivity contribution is 5.71. The molecule has 1 aliphatic carbocycles. The number of allylic oxidation sites excluding steroid dienone is 1. The molecule has 0 saturated carbocycles. The van der Waals surface area contributed by atoms with Crippen molar-refractivity contribution >= 4 is 5.97 Å². The third-order valence-electron chi connectivity index (χ3n) is 4.84. The smallest absolute Gasteiger partial charge is 0.306 e. The number of fused-ring (bicyclic) bond motifs is 1. The fraction of sp³-hybridized carbons (Fsp3) is 0.526. The van der Waals surface area contributed by atoms with Crippen molar-refractivity contribution in [3.63, 3.8) is 0 Å². The molecule has 1 aliphatic rings. The van der Waals surface area contributed by atoms with Gasteiger partial charge in [0.1, 0.15) is 0 Å². The first kappa shape index (κ1) is 15.8. The first-order valence-corrected chi connectivity index (χ1v) is 7.89. The summed E-state index contributed by atoms with van der Waals surface area (Å²) in [5, 5.41) is 0. The van der Waals surface area contributed by atoms with Crippen LogP contribution in [0.1, 0.15) is 55.2 Å². The highest BCUT2D eigenvalue weighted by atomic mass is 16.5. The van der Waals surface area contributed by atoms with Crippen LogP contribution in [0.25, 0.3) is 0 Å². The van der Waals surface area contributed by atoms with Crippen LogP contribution in [-0.4, -0.2) is 13.1 Å². The van der Waals surface area contributed by atoms with Crippen molar-refractivity contribution in [1.29, 1.82) is 0 Å². The van der Waals surface area contributed by atoms with Gasteiger partial charge in [-0.1, -0.05) is 24.3 Å². The number of carbonyl (C=O) groups is 1. The van der Waals surface area contributed by atoms with E-state index in [0.717, 1.165) is 38.5 Å². The molecule has 0 spiro atoms. The van der Waals surface area contributed by atoms with Crippen LogP contribution in [0.2, 0.25) is 0 Å². The van der Waals surface area contributed by atoms with E-state index in [1.807, 2.05) is 6.08 Å². The molecule has 0 radical (unpaired) electrons. The standard InChI is InChI=1S/C19H26O2/c1-4-5-6-12-19(14-18(20)21-3)13-8-10-16-15(2)9-7-11-17(16)19/h4,7,9,11H,1,5-6,8,10,12-14H2,2-3H3. The second-order valence-electron chi connectivity index (χ2n) is 6.17. The van der Waals surface area contributed by atoms with Crippen LogP contribution < -0.4 is 0 Å². The van der Waals surface area contributed by atoms with E-state index >= 15 is 0 Å². The van der Waals surface area contributed by atoms with E-state index in [-0.39, 0.29) is 11.4 Å². The van der Waals surface area contributed by atoms with E-state index in [0.29, 0.717) is 6.42 Å². The van der Waals surface area contributed by atoms with Crippen molar-refractivity contribution in [3.05, 3.63) is 47.5 Å². The van der Waals surface area contributed by atoms with Gasteiger partial charge in [0.05, 0.1) is 13.5 Å². The molecule has 0 amide bonds. The summed E-state index contributed by atoms with van der Waals surface area (Å²) in [4.78, 5) is 12.0. The zero-order valence-corrected chi connectivity index (χ0v) is 13.3. The number of ether oxygens (including phenoxy) is 1. The number of aryl methyl sites for hydroxylation is 1.